The van der Waals surface area contributed by atoms with Crippen LogP contribution >= 0.6 is 0 Å². The van der Waals surface area contributed by atoms with E-state index < -0.39 is 5.54 Å². The first-order valence-electron chi connectivity index (χ1n) is 9.66. The minimum absolute atomic E-state index is 0.0748. The standard InChI is InChI=1S/C18H30N6O2/c1-3-21(4-2)17(26)23-14-12-22(13-15-23)16(25)18(6-9-19-10-7-18)24-11-5-8-20-24/h5,8,11,19H,3-4,6-7,9-10,12-15H2,1-2H3. The van der Waals surface area contributed by atoms with Crippen molar-refractivity contribution in [3.05, 3.63) is 18.5 Å². The number of piperazine rings is 1. The quantitative estimate of drug-likeness (QED) is 0.850. The maximum absolute atomic E-state index is 13.4. The molecule has 2 saturated heterocycles. The predicted molar refractivity (Wildman–Crippen MR) is 98.8 cm³/mol. The molecule has 2 aliphatic rings. The summed E-state index contributed by atoms with van der Waals surface area (Å²) in [5, 5.41) is 7.72. The van der Waals surface area contributed by atoms with Crippen LogP contribution in [-0.2, 0) is 10.3 Å². The van der Waals surface area contributed by atoms with Gasteiger partial charge in [-0.2, -0.15) is 5.10 Å². The zero-order valence-electron chi connectivity index (χ0n) is 15.9. The second-order valence-electron chi connectivity index (χ2n) is 6.97. The first kappa shape index (κ1) is 18.7. The van der Waals surface area contributed by atoms with Gasteiger partial charge in [-0.1, -0.05) is 0 Å². The average molecular weight is 362 g/mol. The molecule has 0 atom stereocenters. The molecule has 8 nitrogen and oxygen atoms in total. The van der Waals surface area contributed by atoms with E-state index in [-0.39, 0.29) is 11.9 Å². The van der Waals surface area contributed by atoms with Gasteiger partial charge < -0.3 is 20.0 Å². The fourth-order valence-electron chi connectivity index (χ4n) is 3.99. The van der Waals surface area contributed by atoms with Crippen molar-refractivity contribution in [3.63, 3.8) is 0 Å². The Morgan fingerprint density at radius 1 is 1.08 bits per heavy atom. The van der Waals surface area contributed by atoms with E-state index in [2.05, 4.69) is 10.4 Å². The first-order chi connectivity index (χ1) is 12.6. The minimum Gasteiger partial charge on any atom is -0.337 e. The summed E-state index contributed by atoms with van der Waals surface area (Å²) in [7, 11) is 0. The summed E-state index contributed by atoms with van der Waals surface area (Å²) >= 11 is 0. The Morgan fingerprint density at radius 3 is 2.23 bits per heavy atom. The molecule has 1 aromatic rings. The summed E-state index contributed by atoms with van der Waals surface area (Å²) in [6.07, 6.45) is 5.11. The van der Waals surface area contributed by atoms with E-state index >= 15 is 0 Å². The number of urea groups is 1. The second kappa shape index (κ2) is 8.07. The molecule has 2 fully saturated rings. The molecule has 0 bridgehead atoms. The largest absolute Gasteiger partial charge is 0.337 e. The van der Waals surface area contributed by atoms with Crippen molar-refractivity contribution >= 4 is 11.9 Å². The van der Waals surface area contributed by atoms with Gasteiger partial charge in [-0.05, 0) is 45.8 Å². The van der Waals surface area contributed by atoms with Crippen LogP contribution in [0.5, 0.6) is 0 Å². The lowest BCUT2D eigenvalue weighted by molar-refractivity contribution is -0.144. The van der Waals surface area contributed by atoms with Crippen LogP contribution in [0.4, 0.5) is 4.79 Å². The third-order valence-corrected chi connectivity index (χ3v) is 5.64. The Labute approximate surface area is 155 Å². The number of carbonyl (C=O) groups excluding carboxylic acids is 2. The van der Waals surface area contributed by atoms with Crippen LogP contribution in [0, 0.1) is 0 Å². The predicted octanol–water partition coefficient (Wildman–Crippen LogP) is 0.568. The lowest BCUT2D eigenvalue weighted by Crippen LogP contribution is -2.60. The van der Waals surface area contributed by atoms with Gasteiger partial charge in [0, 0.05) is 51.7 Å². The van der Waals surface area contributed by atoms with Crippen LogP contribution < -0.4 is 5.32 Å². The third-order valence-electron chi connectivity index (χ3n) is 5.64. The van der Waals surface area contributed by atoms with Gasteiger partial charge in [0.25, 0.3) is 5.91 Å². The molecule has 26 heavy (non-hydrogen) atoms. The number of hydrogen-bond donors (Lipinski definition) is 1. The third kappa shape index (κ3) is 3.42. The molecule has 0 aromatic carbocycles. The Morgan fingerprint density at radius 2 is 1.69 bits per heavy atom. The van der Waals surface area contributed by atoms with Crippen LogP contribution in [0.2, 0.25) is 0 Å². The van der Waals surface area contributed by atoms with Gasteiger partial charge in [-0.3, -0.25) is 9.48 Å². The van der Waals surface area contributed by atoms with Crippen molar-refractivity contribution < 1.29 is 9.59 Å². The molecule has 3 rings (SSSR count). The Balaban J connectivity index is 1.68. The molecule has 1 N–H and O–H groups in total. The molecule has 0 radical (unpaired) electrons. The Kier molecular flexibility index (Phi) is 5.80. The summed E-state index contributed by atoms with van der Waals surface area (Å²) in [5.41, 5.74) is -0.597. The van der Waals surface area contributed by atoms with Crippen LogP contribution in [0.1, 0.15) is 26.7 Å². The smallest absolute Gasteiger partial charge is 0.320 e. The number of carbonyl (C=O) groups is 2. The number of nitrogens with one attached hydrogen (secondary N) is 1. The van der Waals surface area contributed by atoms with Gasteiger partial charge in [0.1, 0.15) is 5.54 Å². The molecule has 0 saturated carbocycles. The maximum atomic E-state index is 13.4. The number of rotatable bonds is 4. The topological polar surface area (TPSA) is 73.7 Å². The molecule has 3 heterocycles. The number of amides is 3. The van der Waals surface area contributed by atoms with E-state index in [4.69, 9.17) is 0 Å². The fraction of sp³-hybridized carbons (Fsp3) is 0.722. The lowest BCUT2D eigenvalue weighted by Gasteiger charge is -2.43. The Hall–Kier alpha value is -2.09. The van der Waals surface area contributed by atoms with Crippen LogP contribution in [0.25, 0.3) is 0 Å². The maximum Gasteiger partial charge on any atom is 0.320 e. The summed E-state index contributed by atoms with van der Waals surface area (Å²) in [4.78, 5) is 31.5. The van der Waals surface area contributed by atoms with E-state index in [1.54, 1.807) is 6.20 Å². The lowest BCUT2D eigenvalue weighted by atomic mass is 9.86. The summed E-state index contributed by atoms with van der Waals surface area (Å²) < 4.78 is 1.84. The average Bonchev–Trinajstić information content (AvgIpc) is 3.24. The molecule has 1 aromatic heterocycles. The van der Waals surface area contributed by atoms with E-state index in [1.807, 2.05) is 45.5 Å². The van der Waals surface area contributed by atoms with Crippen LogP contribution in [-0.4, -0.2) is 88.8 Å². The molecule has 3 amide bonds. The SMILES string of the molecule is CCN(CC)C(=O)N1CCN(C(=O)C2(n3cccn3)CCNCC2)CC1. The van der Waals surface area contributed by atoms with E-state index in [1.165, 1.54) is 0 Å². The van der Waals surface area contributed by atoms with Crippen molar-refractivity contribution in [1.29, 1.82) is 0 Å². The minimum atomic E-state index is -0.597. The van der Waals surface area contributed by atoms with E-state index in [0.717, 1.165) is 25.9 Å². The van der Waals surface area contributed by atoms with Crippen molar-refractivity contribution in [3.8, 4) is 0 Å². The summed E-state index contributed by atoms with van der Waals surface area (Å²) in [6.45, 7) is 9.39. The van der Waals surface area contributed by atoms with Gasteiger partial charge in [0.05, 0.1) is 0 Å². The van der Waals surface area contributed by atoms with Crippen molar-refractivity contribution in [2.75, 3.05) is 52.4 Å². The summed E-state index contributed by atoms with van der Waals surface area (Å²) in [5.74, 6) is 0.137. The zero-order chi connectivity index (χ0) is 18.6. The highest BCUT2D eigenvalue weighted by atomic mass is 16.2. The fourth-order valence-corrected chi connectivity index (χ4v) is 3.99. The molecule has 0 spiro atoms. The van der Waals surface area contributed by atoms with Crippen molar-refractivity contribution in [2.45, 2.75) is 32.2 Å². The van der Waals surface area contributed by atoms with E-state index in [0.29, 0.717) is 39.3 Å². The van der Waals surface area contributed by atoms with Gasteiger partial charge >= 0.3 is 6.03 Å². The number of piperidine rings is 1. The van der Waals surface area contributed by atoms with Gasteiger partial charge in [-0.15, -0.1) is 0 Å². The van der Waals surface area contributed by atoms with E-state index in [9.17, 15) is 9.59 Å². The normalized spacial score (nSPS) is 20.1. The Bertz CT molecular complexity index is 599. The van der Waals surface area contributed by atoms with Gasteiger partial charge in [-0.25, -0.2) is 4.79 Å². The number of hydrogen-bond acceptors (Lipinski definition) is 4. The van der Waals surface area contributed by atoms with Crippen molar-refractivity contribution in [2.24, 2.45) is 0 Å². The van der Waals surface area contributed by atoms with Crippen molar-refractivity contribution in [1.82, 2.24) is 29.8 Å². The van der Waals surface area contributed by atoms with Gasteiger partial charge in [0.2, 0.25) is 0 Å². The molecular formula is C18H30N6O2. The molecule has 144 valence electrons. The molecule has 8 heteroatoms. The zero-order valence-corrected chi connectivity index (χ0v) is 15.9. The van der Waals surface area contributed by atoms with Crippen LogP contribution in [0.15, 0.2) is 18.5 Å². The number of aromatic nitrogens is 2. The first-order valence-corrected chi connectivity index (χ1v) is 9.66. The second-order valence-corrected chi connectivity index (χ2v) is 6.97. The monoisotopic (exact) mass is 362 g/mol. The number of nitrogens with zero attached hydrogens (tertiary/aromatic N) is 5. The highest BCUT2D eigenvalue weighted by molar-refractivity contribution is 5.85. The van der Waals surface area contributed by atoms with Gasteiger partial charge in [0.15, 0.2) is 0 Å². The molecule has 0 unspecified atom stereocenters. The van der Waals surface area contributed by atoms with Crippen LogP contribution in [0.3, 0.4) is 0 Å². The molecular weight excluding hydrogens is 332 g/mol. The summed E-state index contributed by atoms with van der Waals surface area (Å²) in [6, 6.07) is 1.95. The highest BCUT2D eigenvalue weighted by Crippen LogP contribution is 2.30. The molecule has 0 aliphatic carbocycles. The highest BCUT2D eigenvalue weighted by Gasteiger charge is 2.45. The molecule has 2 aliphatic heterocycles.